The van der Waals surface area contributed by atoms with Gasteiger partial charge in [-0.15, -0.1) is 5.10 Å². The monoisotopic (exact) mass is 314 g/mol. The molecule has 96 valence electrons. The number of hydrogen-bond donors (Lipinski definition) is 1. The summed E-state index contributed by atoms with van der Waals surface area (Å²) in [6, 6.07) is 0. The summed E-state index contributed by atoms with van der Waals surface area (Å²) in [6.07, 6.45) is 2.08. The average Bonchev–Trinajstić information content (AvgIpc) is 2.68. The Morgan fingerprint density at radius 2 is 2.28 bits per heavy atom. The van der Waals surface area contributed by atoms with E-state index in [4.69, 9.17) is 0 Å². The van der Waals surface area contributed by atoms with Crippen LogP contribution in [0.15, 0.2) is 10.8 Å². The summed E-state index contributed by atoms with van der Waals surface area (Å²) in [5.41, 5.74) is 0.650. The lowest BCUT2D eigenvalue weighted by atomic mass is 10.3. The number of nitrogens with one attached hydrogen (secondary N) is 1. The van der Waals surface area contributed by atoms with Gasteiger partial charge in [0.05, 0.1) is 6.20 Å². The molecule has 0 atom stereocenters. The lowest BCUT2D eigenvalue weighted by molar-refractivity contribution is 0.614. The highest BCUT2D eigenvalue weighted by molar-refractivity contribution is 9.10. The normalized spacial score (nSPS) is 10.7. The lowest BCUT2D eigenvalue weighted by Crippen LogP contribution is -2.07. The molecule has 0 aliphatic rings. The van der Waals surface area contributed by atoms with Gasteiger partial charge >= 0.3 is 0 Å². The van der Waals surface area contributed by atoms with Crippen molar-refractivity contribution in [3.05, 3.63) is 16.6 Å². The molecular weight excluding hydrogens is 303 g/mol. The molecule has 0 spiro atoms. The Kier molecular flexibility index (Phi) is 3.85. The second-order valence-electron chi connectivity index (χ2n) is 3.67. The highest BCUT2D eigenvalue weighted by Crippen LogP contribution is 2.26. The van der Waals surface area contributed by atoms with Crippen molar-refractivity contribution in [2.24, 2.45) is 7.05 Å². The molecule has 0 aliphatic carbocycles. The van der Waals surface area contributed by atoms with E-state index in [1.54, 1.807) is 7.05 Å². The van der Waals surface area contributed by atoms with Gasteiger partial charge < -0.3 is 5.32 Å². The first-order valence-corrected chi connectivity index (χ1v) is 6.24. The SMILES string of the molecule is CCCNc1ncc(F)c(-c2c(Br)nnn2C)n1. The van der Waals surface area contributed by atoms with Crippen LogP contribution >= 0.6 is 15.9 Å². The van der Waals surface area contributed by atoms with Gasteiger partial charge in [0.15, 0.2) is 10.4 Å². The second kappa shape index (κ2) is 5.38. The number of halogens is 2. The minimum Gasteiger partial charge on any atom is -0.354 e. The second-order valence-corrected chi connectivity index (χ2v) is 4.42. The Balaban J connectivity index is 2.43. The molecule has 0 saturated carbocycles. The van der Waals surface area contributed by atoms with Crippen molar-refractivity contribution in [3.63, 3.8) is 0 Å². The molecule has 6 nitrogen and oxygen atoms in total. The van der Waals surface area contributed by atoms with Crippen LogP contribution in [0, 0.1) is 5.82 Å². The molecule has 2 heterocycles. The van der Waals surface area contributed by atoms with Crippen molar-refractivity contribution in [1.29, 1.82) is 0 Å². The average molecular weight is 315 g/mol. The van der Waals surface area contributed by atoms with Crippen LogP contribution in [-0.2, 0) is 7.05 Å². The van der Waals surface area contributed by atoms with Gasteiger partial charge in [-0.05, 0) is 22.4 Å². The number of anilines is 1. The van der Waals surface area contributed by atoms with Gasteiger partial charge in [0, 0.05) is 13.6 Å². The maximum absolute atomic E-state index is 13.8. The molecule has 0 aromatic carbocycles. The summed E-state index contributed by atoms with van der Waals surface area (Å²) in [6.45, 7) is 2.76. The van der Waals surface area contributed by atoms with Crippen LogP contribution in [0.25, 0.3) is 11.4 Å². The lowest BCUT2D eigenvalue weighted by Gasteiger charge is -2.06. The molecule has 8 heteroatoms. The van der Waals surface area contributed by atoms with Crippen molar-refractivity contribution in [2.75, 3.05) is 11.9 Å². The topological polar surface area (TPSA) is 68.5 Å². The predicted molar refractivity (Wildman–Crippen MR) is 68.5 cm³/mol. The van der Waals surface area contributed by atoms with Crippen molar-refractivity contribution in [1.82, 2.24) is 25.0 Å². The van der Waals surface area contributed by atoms with E-state index >= 15 is 0 Å². The number of aryl methyl sites for hydroxylation is 1. The number of nitrogens with zero attached hydrogens (tertiary/aromatic N) is 5. The molecule has 0 amide bonds. The Morgan fingerprint density at radius 1 is 1.50 bits per heavy atom. The summed E-state index contributed by atoms with van der Waals surface area (Å²) >= 11 is 3.22. The molecule has 2 aromatic heterocycles. The summed E-state index contributed by atoms with van der Waals surface area (Å²) in [5.74, 6) is -0.121. The summed E-state index contributed by atoms with van der Waals surface area (Å²) in [4.78, 5) is 8.03. The molecule has 2 rings (SSSR count). The number of aromatic nitrogens is 5. The predicted octanol–water partition coefficient (Wildman–Crippen LogP) is 2.00. The van der Waals surface area contributed by atoms with Gasteiger partial charge in [0.25, 0.3) is 0 Å². The third-order valence-electron chi connectivity index (χ3n) is 2.29. The molecule has 0 bridgehead atoms. The number of hydrogen-bond acceptors (Lipinski definition) is 5. The van der Waals surface area contributed by atoms with Gasteiger partial charge in [-0.3, -0.25) is 0 Å². The molecule has 18 heavy (non-hydrogen) atoms. The first-order chi connectivity index (χ1) is 8.63. The van der Waals surface area contributed by atoms with E-state index in [1.807, 2.05) is 6.92 Å². The van der Waals surface area contributed by atoms with E-state index in [1.165, 1.54) is 4.68 Å². The van der Waals surface area contributed by atoms with E-state index in [0.717, 1.165) is 19.2 Å². The molecule has 0 radical (unpaired) electrons. The minimum atomic E-state index is -0.511. The van der Waals surface area contributed by atoms with Crippen LogP contribution in [0.3, 0.4) is 0 Å². The third-order valence-corrected chi connectivity index (χ3v) is 2.82. The molecule has 1 N–H and O–H groups in total. The van der Waals surface area contributed by atoms with Crippen LogP contribution in [-0.4, -0.2) is 31.5 Å². The maximum Gasteiger partial charge on any atom is 0.223 e. The zero-order valence-electron chi connectivity index (χ0n) is 9.98. The summed E-state index contributed by atoms with van der Waals surface area (Å²) in [7, 11) is 1.67. The van der Waals surface area contributed by atoms with Crippen LogP contribution in [0.1, 0.15) is 13.3 Å². The molecule has 0 fully saturated rings. The summed E-state index contributed by atoms with van der Waals surface area (Å²) < 4.78 is 15.7. The van der Waals surface area contributed by atoms with E-state index in [9.17, 15) is 4.39 Å². The third kappa shape index (κ3) is 2.47. The smallest absolute Gasteiger partial charge is 0.223 e. The first kappa shape index (κ1) is 12.9. The van der Waals surface area contributed by atoms with Gasteiger partial charge in [-0.2, -0.15) is 0 Å². The van der Waals surface area contributed by atoms with Crippen molar-refractivity contribution in [3.8, 4) is 11.4 Å². The van der Waals surface area contributed by atoms with E-state index in [0.29, 0.717) is 16.2 Å². The zero-order chi connectivity index (χ0) is 13.1. The van der Waals surface area contributed by atoms with Gasteiger partial charge in [0.2, 0.25) is 5.95 Å². The standard InChI is InChI=1S/C10H12BrFN6/c1-3-4-13-10-14-5-6(12)7(15-10)8-9(11)16-17-18(8)2/h5H,3-4H2,1-2H3,(H,13,14,15). The molecule has 0 unspecified atom stereocenters. The maximum atomic E-state index is 13.8. The van der Waals surface area contributed by atoms with Gasteiger partial charge in [0.1, 0.15) is 11.4 Å². The van der Waals surface area contributed by atoms with Crippen molar-refractivity contribution < 1.29 is 4.39 Å². The fourth-order valence-electron chi connectivity index (χ4n) is 1.44. The molecular formula is C10H12BrFN6. The fraction of sp³-hybridized carbons (Fsp3) is 0.400. The van der Waals surface area contributed by atoms with Gasteiger partial charge in [-0.1, -0.05) is 12.1 Å². The minimum absolute atomic E-state index is 0.169. The van der Waals surface area contributed by atoms with E-state index in [2.05, 4.69) is 41.5 Å². The Labute approximate surface area is 112 Å². The largest absolute Gasteiger partial charge is 0.354 e. The van der Waals surface area contributed by atoms with Crippen molar-refractivity contribution >= 4 is 21.9 Å². The quantitative estimate of drug-likeness (QED) is 0.934. The zero-order valence-corrected chi connectivity index (χ0v) is 11.6. The highest BCUT2D eigenvalue weighted by atomic mass is 79.9. The van der Waals surface area contributed by atoms with E-state index < -0.39 is 5.82 Å². The van der Waals surface area contributed by atoms with Gasteiger partial charge in [-0.25, -0.2) is 19.0 Å². The van der Waals surface area contributed by atoms with Crippen LogP contribution in [0.4, 0.5) is 10.3 Å². The Bertz CT molecular complexity index is 536. The molecule has 0 aliphatic heterocycles. The fourth-order valence-corrected chi connectivity index (χ4v) is 1.95. The highest BCUT2D eigenvalue weighted by Gasteiger charge is 2.17. The van der Waals surface area contributed by atoms with Crippen LogP contribution in [0.2, 0.25) is 0 Å². The Morgan fingerprint density at radius 3 is 2.89 bits per heavy atom. The summed E-state index contributed by atoms with van der Waals surface area (Å²) in [5, 5.41) is 10.6. The molecule has 2 aromatic rings. The Hall–Kier alpha value is -1.57. The van der Waals surface area contributed by atoms with Crippen molar-refractivity contribution in [2.45, 2.75) is 13.3 Å². The first-order valence-electron chi connectivity index (χ1n) is 5.45. The van der Waals surface area contributed by atoms with Crippen LogP contribution < -0.4 is 5.32 Å². The van der Waals surface area contributed by atoms with Crippen LogP contribution in [0.5, 0.6) is 0 Å². The van der Waals surface area contributed by atoms with E-state index in [-0.39, 0.29) is 5.69 Å². The molecule has 0 saturated heterocycles. The number of rotatable bonds is 4.